The van der Waals surface area contributed by atoms with Crippen LogP contribution in [-0.2, 0) is 11.2 Å². The van der Waals surface area contributed by atoms with Crippen molar-refractivity contribution >= 4 is 5.91 Å². The minimum Gasteiger partial charge on any atom is -0.289 e. The van der Waals surface area contributed by atoms with Crippen molar-refractivity contribution in [2.75, 3.05) is 14.1 Å². The van der Waals surface area contributed by atoms with E-state index < -0.39 is 0 Å². The van der Waals surface area contributed by atoms with Gasteiger partial charge in [0.25, 0.3) is 0 Å². The second kappa shape index (κ2) is 5.82. The minimum absolute atomic E-state index is 0.0626. The van der Waals surface area contributed by atoms with E-state index in [2.05, 4.69) is 38.3 Å². The Labute approximate surface area is 104 Å². The molecule has 0 atom stereocenters. The van der Waals surface area contributed by atoms with Crippen molar-refractivity contribution in [3.63, 3.8) is 0 Å². The van der Waals surface area contributed by atoms with Gasteiger partial charge in [-0.2, -0.15) is 0 Å². The molecule has 0 heterocycles. The summed E-state index contributed by atoms with van der Waals surface area (Å²) < 4.78 is 0. The van der Waals surface area contributed by atoms with E-state index in [0.717, 1.165) is 6.42 Å². The van der Waals surface area contributed by atoms with Crippen molar-refractivity contribution in [3.05, 3.63) is 34.4 Å². The standard InChI is InChI=1S/C14H22N2O/c1-10-8-12(3)13(9-11(10)2)6-7-14(17)15-16(4)5/h8-9H,6-7H2,1-5H3,(H,15,17). The van der Waals surface area contributed by atoms with Gasteiger partial charge in [-0.1, -0.05) is 12.1 Å². The van der Waals surface area contributed by atoms with Crippen LogP contribution in [0.3, 0.4) is 0 Å². The quantitative estimate of drug-likeness (QED) is 0.810. The van der Waals surface area contributed by atoms with Gasteiger partial charge in [0.15, 0.2) is 0 Å². The van der Waals surface area contributed by atoms with Crippen LogP contribution in [0.2, 0.25) is 0 Å². The molecule has 1 amide bonds. The van der Waals surface area contributed by atoms with E-state index in [1.54, 1.807) is 5.01 Å². The molecule has 3 heteroatoms. The maximum Gasteiger partial charge on any atom is 0.234 e. The minimum atomic E-state index is 0.0626. The van der Waals surface area contributed by atoms with Gasteiger partial charge in [-0.15, -0.1) is 0 Å². The summed E-state index contributed by atoms with van der Waals surface area (Å²) in [6, 6.07) is 4.38. The molecule has 0 radical (unpaired) electrons. The summed E-state index contributed by atoms with van der Waals surface area (Å²) >= 11 is 0. The molecule has 94 valence electrons. The molecule has 17 heavy (non-hydrogen) atoms. The van der Waals surface area contributed by atoms with Crippen LogP contribution >= 0.6 is 0 Å². The van der Waals surface area contributed by atoms with E-state index >= 15 is 0 Å². The predicted octanol–water partition coefficient (Wildman–Crippen LogP) is 2.14. The summed E-state index contributed by atoms with van der Waals surface area (Å²) in [6.45, 7) is 6.33. The molecule has 1 rings (SSSR count). The summed E-state index contributed by atoms with van der Waals surface area (Å²) in [6.07, 6.45) is 1.33. The van der Waals surface area contributed by atoms with Gasteiger partial charge in [-0.3, -0.25) is 10.2 Å². The molecular weight excluding hydrogens is 212 g/mol. The fraction of sp³-hybridized carbons (Fsp3) is 0.500. The van der Waals surface area contributed by atoms with Gasteiger partial charge in [-0.25, -0.2) is 5.01 Å². The van der Waals surface area contributed by atoms with Crippen LogP contribution < -0.4 is 5.43 Å². The van der Waals surface area contributed by atoms with Gasteiger partial charge in [0.2, 0.25) is 5.91 Å². The molecule has 0 aliphatic rings. The molecule has 3 nitrogen and oxygen atoms in total. The molecule has 0 unspecified atom stereocenters. The first-order valence-corrected chi connectivity index (χ1v) is 5.93. The largest absolute Gasteiger partial charge is 0.289 e. The monoisotopic (exact) mass is 234 g/mol. The Kier molecular flexibility index (Phi) is 4.70. The van der Waals surface area contributed by atoms with Crippen LogP contribution in [0.1, 0.15) is 28.7 Å². The molecule has 1 N–H and O–H groups in total. The summed E-state index contributed by atoms with van der Waals surface area (Å²) in [5, 5.41) is 1.68. The maximum absolute atomic E-state index is 11.5. The fourth-order valence-electron chi connectivity index (χ4n) is 1.84. The zero-order chi connectivity index (χ0) is 13.0. The number of nitrogens with one attached hydrogen (secondary N) is 1. The number of hydrazine groups is 1. The number of hydrogen-bond acceptors (Lipinski definition) is 2. The van der Waals surface area contributed by atoms with E-state index in [9.17, 15) is 4.79 Å². The summed E-state index contributed by atoms with van der Waals surface area (Å²) in [7, 11) is 3.64. The lowest BCUT2D eigenvalue weighted by Gasteiger charge is -2.13. The van der Waals surface area contributed by atoms with Crippen LogP contribution in [-0.4, -0.2) is 25.0 Å². The maximum atomic E-state index is 11.5. The number of carbonyl (C=O) groups excluding carboxylic acids is 1. The third kappa shape index (κ3) is 4.19. The highest BCUT2D eigenvalue weighted by Gasteiger charge is 2.06. The van der Waals surface area contributed by atoms with Gasteiger partial charge < -0.3 is 0 Å². The molecular formula is C14H22N2O. The molecule has 0 aromatic heterocycles. The van der Waals surface area contributed by atoms with Crippen molar-refractivity contribution in [3.8, 4) is 0 Å². The normalized spacial score (nSPS) is 10.7. The molecule has 1 aromatic rings. The molecule has 0 fully saturated rings. The lowest BCUT2D eigenvalue weighted by molar-refractivity contribution is -0.124. The summed E-state index contributed by atoms with van der Waals surface area (Å²) in [5.74, 6) is 0.0626. The molecule has 0 saturated carbocycles. The number of rotatable bonds is 4. The number of carbonyl (C=O) groups is 1. The Morgan fingerprint density at radius 1 is 1.12 bits per heavy atom. The van der Waals surface area contributed by atoms with E-state index in [1.165, 1.54) is 22.3 Å². The lowest BCUT2D eigenvalue weighted by atomic mass is 9.98. The third-order valence-corrected chi connectivity index (χ3v) is 2.92. The fourth-order valence-corrected chi connectivity index (χ4v) is 1.84. The number of benzene rings is 1. The Hall–Kier alpha value is -1.35. The first-order chi connectivity index (χ1) is 7.90. The molecule has 0 bridgehead atoms. The van der Waals surface area contributed by atoms with Gasteiger partial charge in [0, 0.05) is 20.5 Å². The predicted molar refractivity (Wildman–Crippen MR) is 70.8 cm³/mol. The lowest BCUT2D eigenvalue weighted by Crippen LogP contribution is -2.36. The van der Waals surface area contributed by atoms with Crippen LogP contribution in [0, 0.1) is 20.8 Å². The number of amides is 1. The first-order valence-electron chi connectivity index (χ1n) is 5.93. The molecule has 0 aliphatic heterocycles. The van der Waals surface area contributed by atoms with Crippen molar-refractivity contribution in [1.82, 2.24) is 10.4 Å². The zero-order valence-corrected chi connectivity index (χ0v) is 11.4. The topological polar surface area (TPSA) is 32.3 Å². The Balaban J connectivity index is 2.63. The van der Waals surface area contributed by atoms with Crippen LogP contribution in [0.5, 0.6) is 0 Å². The van der Waals surface area contributed by atoms with Gasteiger partial charge in [0.1, 0.15) is 0 Å². The van der Waals surface area contributed by atoms with Crippen molar-refractivity contribution < 1.29 is 4.79 Å². The second-order valence-corrected chi connectivity index (χ2v) is 4.79. The highest BCUT2D eigenvalue weighted by atomic mass is 16.2. The summed E-state index contributed by atoms with van der Waals surface area (Å²) in [4.78, 5) is 11.5. The van der Waals surface area contributed by atoms with Gasteiger partial charge in [0.05, 0.1) is 0 Å². The number of hydrogen-bond donors (Lipinski definition) is 1. The molecule has 0 saturated heterocycles. The van der Waals surface area contributed by atoms with Gasteiger partial charge in [-0.05, 0) is 49.4 Å². The van der Waals surface area contributed by atoms with E-state index in [0.29, 0.717) is 6.42 Å². The Morgan fingerprint density at radius 2 is 1.71 bits per heavy atom. The number of nitrogens with zero attached hydrogens (tertiary/aromatic N) is 1. The smallest absolute Gasteiger partial charge is 0.234 e. The van der Waals surface area contributed by atoms with Crippen LogP contribution in [0.4, 0.5) is 0 Å². The Bertz CT molecular complexity index is 411. The third-order valence-electron chi connectivity index (χ3n) is 2.92. The SMILES string of the molecule is Cc1cc(C)c(CCC(=O)NN(C)C)cc1C. The molecule has 0 spiro atoms. The zero-order valence-electron chi connectivity index (χ0n) is 11.4. The average molecular weight is 234 g/mol. The van der Waals surface area contributed by atoms with Crippen molar-refractivity contribution in [2.24, 2.45) is 0 Å². The first kappa shape index (κ1) is 13.7. The van der Waals surface area contributed by atoms with E-state index in [-0.39, 0.29) is 5.91 Å². The molecule has 0 aliphatic carbocycles. The van der Waals surface area contributed by atoms with Crippen LogP contribution in [0.15, 0.2) is 12.1 Å². The highest BCUT2D eigenvalue weighted by molar-refractivity contribution is 5.75. The van der Waals surface area contributed by atoms with Gasteiger partial charge >= 0.3 is 0 Å². The second-order valence-electron chi connectivity index (χ2n) is 4.79. The van der Waals surface area contributed by atoms with Crippen molar-refractivity contribution in [1.29, 1.82) is 0 Å². The molecule has 1 aromatic carbocycles. The summed E-state index contributed by atoms with van der Waals surface area (Å²) in [5.41, 5.74) is 7.89. The average Bonchev–Trinajstić information content (AvgIpc) is 2.20. The Morgan fingerprint density at radius 3 is 2.29 bits per heavy atom. The highest BCUT2D eigenvalue weighted by Crippen LogP contribution is 2.16. The van der Waals surface area contributed by atoms with Crippen molar-refractivity contribution in [2.45, 2.75) is 33.6 Å². The van der Waals surface area contributed by atoms with E-state index in [1.807, 2.05) is 14.1 Å². The number of aryl methyl sites for hydroxylation is 4. The van der Waals surface area contributed by atoms with Crippen LogP contribution in [0.25, 0.3) is 0 Å². The van der Waals surface area contributed by atoms with E-state index in [4.69, 9.17) is 0 Å².